The third-order valence-electron chi connectivity index (χ3n) is 24.5. The number of hydrogen-bond acceptors (Lipinski definition) is 2. The minimum atomic E-state index is -0.771. The minimum Gasteiger partial charge on any atom is -0.311 e. The Morgan fingerprint density at radius 2 is 0.556 bits per heavy atom. The van der Waals surface area contributed by atoms with Gasteiger partial charge in [0.15, 0.2) is 0 Å². The molecule has 0 N–H and O–H groups in total. The molecule has 2 aliphatic rings. The highest BCUT2D eigenvalue weighted by atomic mass is 15.2. The average Bonchev–Trinajstić information content (AvgIpc) is 1.68. The maximum Gasteiger partial charge on any atom is 0.252 e. The van der Waals surface area contributed by atoms with E-state index in [4.69, 9.17) is 0 Å². The smallest absolute Gasteiger partial charge is 0.252 e. The second-order valence-electron chi connectivity index (χ2n) is 37.1. The average molecular weight is 1530 g/mol. The van der Waals surface area contributed by atoms with Gasteiger partial charge in [0.1, 0.15) is 0 Å². The molecule has 7 heteroatoms. The van der Waals surface area contributed by atoms with Gasteiger partial charge in [-0.05, 0) is 227 Å². The van der Waals surface area contributed by atoms with E-state index in [1.807, 2.05) is 72.8 Å². The summed E-state index contributed by atoms with van der Waals surface area (Å²) >= 11 is 0. The van der Waals surface area contributed by atoms with Crippen molar-refractivity contribution in [1.82, 2.24) is 18.3 Å². The maximum atomic E-state index is 9.97. The molecule has 0 bridgehead atoms. The number of anilines is 6. The predicted molar refractivity (Wildman–Crippen MR) is 502 cm³/mol. The number of aromatic nitrogens is 4. The molecule has 19 aromatic rings. The Bertz CT molecular complexity index is 7680. The molecule has 0 spiro atoms. The summed E-state index contributed by atoms with van der Waals surface area (Å²) in [6.45, 7) is 32.8. The van der Waals surface area contributed by atoms with Crippen LogP contribution in [-0.4, -0.2) is 25.0 Å². The molecule has 0 fully saturated rings. The van der Waals surface area contributed by atoms with Crippen molar-refractivity contribution in [2.24, 2.45) is 0 Å². The van der Waals surface area contributed by atoms with Crippen LogP contribution in [0.2, 0.25) is 0 Å². The van der Waals surface area contributed by atoms with Crippen LogP contribution in [0.3, 0.4) is 0 Å². The quantitative estimate of drug-likeness (QED) is 0.142. The first-order valence-corrected chi connectivity index (χ1v) is 40.5. The number of rotatable bonds is 8. The largest absolute Gasteiger partial charge is 0.311 e. The van der Waals surface area contributed by atoms with Gasteiger partial charge in [-0.2, -0.15) is 0 Å². The zero-order valence-electron chi connectivity index (χ0n) is 84.5. The highest BCUT2D eigenvalue weighted by Gasteiger charge is 2.46. The third kappa shape index (κ3) is 11.3. The van der Waals surface area contributed by atoms with Crippen LogP contribution in [0.25, 0.3) is 132 Å². The Hall–Kier alpha value is -12.8. The molecule has 6 heterocycles. The zero-order valence-corrected chi connectivity index (χ0v) is 68.5. The van der Waals surface area contributed by atoms with Crippen molar-refractivity contribution < 1.29 is 21.9 Å². The summed E-state index contributed by atoms with van der Waals surface area (Å²) in [6.07, 6.45) is 0. The van der Waals surface area contributed by atoms with E-state index in [1.54, 1.807) is 9.13 Å². The molecule has 2 aliphatic heterocycles. The summed E-state index contributed by atoms with van der Waals surface area (Å²) in [7, 11) is 0. The van der Waals surface area contributed by atoms with Crippen LogP contribution in [0.5, 0.6) is 0 Å². The van der Waals surface area contributed by atoms with Gasteiger partial charge in [0.2, 0.25) is 0 Å². The molecule has 21 rings (SSSR count). The molecule has 0 unspecified atom stereocenters. The number of nitrogens with zero attached hydrogens (tertiary/aromatic N) is 6. The van der Waals surface area contributed by atoms with Crippen LogP contribution in [0.4, 0.5) is 34.1 Å². The molecule has 0 radical (unpaired) electrons. The Morgan fingerprint density at radius 3 is 0.897 bits per heavy atom. The van der Waals surface area contributed by atoms with Gasteiger partial charge in [-0.15, -0.1) is 0 Å². The topological polar surface area (TPSA) is 26.2 Å². The monoisotopic (exact) mass is 1530 g/mol. The Kier molecular flexibility index (Phi) is 12.5. The van der Waals surface area contributed by atoms with Crippen molar-refractivity contribution >= 4 is 144 Å². The van der Waals surface area contributed by atoms with Gasteiger partial charge in [-0.3, -0.25) is 0 Å². The van der Waals surface area contributed by atoms with Crippen LogP contribution in [0, 0.1) is 0 Å². The molecule has 6 nitrogen and oxygen atoms in total. The Labute approximate surface area is 709 Å². The lowest BCUT2D eigenvalue weighted by Crippen LogP contribution is -2.61. The van der Waals surface area contributed by atoms with Gasteiger partial charge in [-0.25, -0.2) is 0 Å². The third-order valence-corrected chi connectivity index (χ3v) is 24.5. The lowest BCUT2D eigenvalue weighted by Gasteiger charge is -2.45. The van der Waals surface area contributed by atoms with Crippen LogP contribution in [0.15, 0.2) is 315 Å². The molecule has 0 amide bonds. The standard InChI is InChI=1S/C110H97BN6/c1-106(2,3)72-56-70(57-73(62-72)107(4,5)6)68-48-54-93-85(60-68)103-95(112(93)77-32-18-16-19-33-77)44-30-46-97(103)116-99-66-79(114-89-40-26-22-36-81(89)82-37-23-27-41-90(82)114)50-52-87(99)111-88-53-51-80(115-91-42-28-24-38-83(91)84-39-25-29-43-92(84)115)67-100(88)117(102-65-76(110(13,14)15)64-101(116)105(102)111)98-47-31-45-96-104(98)86-61-69(49-55-94(86)113(96)78-34-20-17-21-35-78)71-58-74(108(7,8)9)63-75(59-71)109(10,11)12/h16-67H,1-15H3/i22D,23D,24D,25D,26D,27D,28D,29D,36D,37D,38D,39D,40D,41D,42D,43D. The fourth-order valence-electron chi connectivity index (χ4n) is 18.4. The van der Waals surface area contributed by atoms with Crippen LogP contribution in [0.1, 0.15) is 154 Å². The summed E-state index contributed by atoms with van der Waals surface area (Å²) in [5, 5.41) is 3.34. The highest BCUT2D eigenvalue weighted by molar-refractivity contribution is 7.00. The molecule has 4 aromatic heterocycles. The predicted octanol–water partition coefficient (Wildman–Crippen LogP) is 28.0. The van der Waals surface area contributed by atoms with Gasteiger partial charge in [-0.1, -0.05) is 286 Å². The van der Waals surface area contributed by atoms with E-state index in [0.717, 1.165) is 122 Å². The number of para-hydroxylation sites is 6. The van der Waals surface area contributed by atoms with Crippen molar-refractivity contribution in [2.45, 2.75) is 131 Å². The van der Waals surface area contributed by atoms with Gasteiger partial charge in [0.25, 0.3) is 6.71 Å². The summed E-state index contributed by atoms with van der Waals surface area (Å²) in [5.41, 5.74) is 20.7. The van der Waals surface area contributed by atoms with E-state index >= 15 is 0 Å². The van der Waals surface area contributed by atoms with Crippen molar-refractivity contribution in [3.8, 4) is 45.0 Å². The van der Waals surface area contributed by atoms with E-state index in [2.05, 4.69) is 268 Å². The molecule has 0 saturated carbocycles. The molecular formula is C110H97BN6. The first-order chi connectivity index (χ1) is 62.8. The summed E-state index contributed by atoms with van der Waals surface area (Å²) in [4.78, 5) is 4.68. The fraction of sp³-hybridized carbons (Fsp3) is 0.182. The van der Waals surface area contributed by atoms with E-state index in [0.29, 0.717) is 22.7 Å². The highest BCUT2D eigenvalue weighted by Crippen LogP contribution is 2.54. The first-order valence-electron chi connectivity index (χ1n) is 48.5. The first kappa shape index (κ1) is 56.4. The van der Waals surface area contributed by atoms with Gasteiger partial charge < -0.3 is 28.1 Å². The molecule has 570 valence electrons. The SMILES string of the molecule is [2H]c1c([2H])c([2H])c2c(c1[2H])c1c([2H])c([2H])c([2H])c([2H])c1n2-c1ccc2c(c1)N(c1cccc3c1c1cc(-c4cc(C(C)(C)C)cc(C(C)(C)C)c4)ccc1n3-c1ccccc1)c1cc(C(C)(C)C)cc3c1B2c1ccc(-n2c4c([2H])c([2H])c([2H])c([2H])c4c4c([2H])c([2H])c([2H])c([2H])c42)cc1N3c1cccc2c1c1cc(-c3cc(C(C)(C)C)cc(C(C)(C)C)c3)ccc1n2-c1ccccc1. The van der Waals surface area contributed by atoms with Gasteiger partial charge in [0.05, 0.1) is 77.4 Å². The van der Waals surface area contributed by atoms with Crippen molar-refractivity contribution in [3.63, 3.8) is 0 Å². The normalized spacial score (nSPS) is 15.3. The van der Waals surface area contributed by atoms with Gasteiger partial charge in [0, 0.05) is 88.6 Å². The Morgan fingerprint density at radius 1 is 0.231 bits per heavy atom. The van der Waals surface area contributed by atoms with E-state index in [9.17, 15) is 21.9 Å². The Balaban J connectivity index is 0.952. The fourth-order valence-corrected chi connectivity index (χ4v) is 18.4. The summed E-state index contributed by atoms with van der Waals surface area (Å²) in [6, 6.07) is 69.3. The van der Waals surface area contributed by atoms with Crippen molar-refractivity contribution in [1.29, 1.82) is 0 Å². The number of hydrogen-bond donors (Lipinski definition) is 0. The van der Waals surface area contributed by atoms with Gasteiger partial charge >= 0.3 is 0 Å². The molecular weight excluding hydrogens is 1420 g/mol. The molecule has 0 aliphatic carbocycles. The molecule has 0 saturated heterocycles. The van der Waals surface area contributed by atoms with Crippen LogP contribution in [-0.2, 0) is 27.1 Å². The van der Waals surface area contributed by atoms with E-state index < -0.39 is 109 Å². The number of benzene rings is 15. The molecule has 15 aromatic carbocycles. The second-order valence-corrected chi connectivity index (χ2v) is 37.1. The lowest BCUT2D eigenvalue weighted by atomic mass is 9.33. The lowest BCUT2D eigenvalue weighted by molar-refractivity contribution is 0.568. The summed E-state index contributed by atoms with van der Waals surface area (Å²) < 4.78 is 161. The number of fused-ring (bicyclic) bond motifs is 16. The van der Waals surface area contributed by atoms with Crippen molar-refractivity contribution in [2.75, 3.05) is 9.80 Å². The van der Waals surface area contributed by atoms with Crippen LogP contribution >= 0.6 is 0 Å². The minimum absolute atomic E-state index is 0.0484. The molecule has 117 heavy (non-hydrogen) atoms. The summed E-state index contributed by atoms with van der Waals surface area (Å²) in [5.74, 6) is 0. The van der Waals surface area contributed by atoms with E-state index in [-0.39, 0.29) is 65.3 Å². The second kappa shape index (κ2) is 25.8. The van der Waals surface area contributed by atoms with Crippen molar-refractivity contribution in [3.05, 3.63) is 343 Å². The van der Waals surface area contributed by atoms with E-state index in [1.165, 1.54) is 22.3 Å². The zero-order chi connectivity index (χ0) is 94.2. The maximum absolute atomic E-state index is 9.97. The molecule has 0 atom stereocenters. The van der Waals surface area contributed by atoms with Crippen LogP contribution < -0.4 is 26.2 Å².